The summed E-state index contributed by atoms with van der Waals surface area (Å²) in [6.45, 7) is 1.76. The highest BCUT2D eigenvalue weighted by molar-refractivity contribution is 5.70. The number of rotatable bonds is 6. The molecule has 1 aliphatic carbocycles. The summed E-state index contributed by atoms with van der Waals surface area (Å²) in [7, 11) is 0. The van der Waals surface area contributed by atoms with Crippen molar-refractivity contribution in [2.75, 3.05) is 13.1 Å². The molecule has 0 heterocycles. The number of hydrogen-bond acceptors (Lipinski definition) is 2. The molecule has 0 aromatic heterocycles. The van der Waals surface area contributed by atoms with Crippen LogP contribution in [-0.4, -0.2) is 24.2 Å². The van der Waals surface area contributed by atoms with Gasteiger partial charge in [0.1, 0.15) is 0 Å². The highest BCUT2D eigenvalue weighted by Crippen LogP contribution is 2.28. The van der Waals surface area contributed by atoms with E-state index in [4.69, 9.17) is 5.11 Å². The fourth-order valence-electron chi connectivity index (χ4n) is 2.83. The van der Waals surface area contributed by atoms with Gasteiger partial charge in [0.15, 0.2) is 0 Å². The van der Waals surface area contributed by atoms with Gasteiger partial charge in [0, 0.05) is 6.54 Å². The van der Waals surface area contributed by atoms with Crippen LogP contribution in [0.3, 0.4) is 0 Å². The Hall–Kier alpha value is -1.61. The summed E-state index contributed by atoms with van der Waals surface area (Å²) in [6, 6.07) is 10.2. The fourth-order valence-corrected chi connectivity index (χ4v) is 2.83. The van der Waals surface area contributed by atoms with Crippen LogP contribution >= 0.6 is 0 Å². The molecule has 0 radical (unpaired) electrons. The Bertz CT molecular complexity index is 442. The number of aliphatic carboxylic acids is 1. The predicted octanol–water partition coefficient (Wildman–Crippen LogP) is 3.18. The second-order valence-corrected chi connectivity index (χ2v) is 5.54. The Balaban J connectivity index is 1.66. The maximum atomic E-state index is 11.0. The monoisotopic (exact) mass is 273 g/mol. The van der Waals surface area contributed by atoms with E-state index >= 15 is 0 Å². The fraction of sp³-hybridized carbons (Fsp3) is 0.471. The van der Waals surface area contributed by atoms with Crippen LogP contribution in [0.4, 0.5) is 0 Å². The summed E-state index contributed by atoms with van der Waals surface area (Å²) in [5, 5.41) is 12.5. The molecule has 2 unspecified atom stereocenters. The topological polar surface area (TPSA) is 49.3 Å². The van der Waals surface area contributed by atoms with E-state index in [2.05, 4.69) is 29.6 Å². The minimum Gasteiger partial charge on any atom is -0.481 e. The first kappa shape index (κ1) is 14.8. The third kappa shape index (κ3) is 4.82. The van der Waals surface area contributed by atoms with Crippen molar-refractivity contribution in [2.45, 2.75) is 25.7 Å². The average Bonchev–Trinajstić information content (AvgIpc) is 2.48. The van der Waals surface area contributed by atoms with Crippen LogP contribution in [0.15, 0.2) is 36.4 Å². The third-order valence-corrected chi connectivity index (χ3v) is 3.94. The molecule has 0 aliphatic heterocycles. The first-order chi connectivity index (χ1) is 9.75. The normalized spacial score (nSPS) is 23.0. The zero-order chi connectivity index (χ0) is 14.2. The number of carboxylic acid groups (broad SMARTS) is 1. The Kier molecular flexibility index (Phi) is 5.81. The average molecular weight is 273 g/mol. The third-order valence-electron chi connectivity index (χ3n) is 3.94. The summed E-state index contributed by atoms with van der Waals surface area (Å²) < 4.78 is 0. The highest BCUT2D eigenvalue weighted by atomic mass is 16.4. The lowest BCUT2D eigenvalue weighted by Crippen LogP contribution is -2.30. The Labute approximate surface area is 120 Å². The minimum absolute atomic E-state index is 0.129. The maximum absolute atomic E-state index is 11.0. The maximum Gasteiger partial charge on any atom is 0.306 e. The van der Waals surface area contributed by atoms with Crippen molar-refractivity contribution in [3.05, 3.63) is 42.0 Å². The molecule has 1 aliphatic rings. The summed E-state index contributed by atoms with van der Waals surface area (Å²) in [5.74, 6) is -0.246. The minimum atomic E-state index is -0.626. The van der Waals surface area contributed by atoms with E-state index in [0.29, 0.717) is 5.92 Å². The van der Waals surface area contributed by atoms with Gasteiger partial charge in [-0.25, -0.2) is 0 Å². The van der Waals surface area contributed by atoms with E-state index in [0.717, 1.165) is 38.8 Å². The van der Waals surface area contributed by atoms with Crippen LogP contribution in [0.2, 0.25) is 0 Å². The molecule has 2 atom stereocenters. The number of hydrogen-bond donors (Lipinski definition) is 2. The van der Waals surface area contributed by atoms with Crippen molar-refractivity contribution in [1.82, 2.24) is 5.32 Å². The smallest absolute Gasteiger partial charge is 0.306 e. The molecule has 3 heteroatoms. The standard InChI is InChI=1S/C17H23NO2/c19-17(20)16-10-4-8-15(12-16)13-18-11-5-9-14-6-2-1-3-7-14/h1-3,5-7,9,15-16,18H,4,8,10-13H2,(H,19,20)/b9-5+. The van der Waals surface area contributed by atoms with E-state index in [-0.39, 0.29) is 5.92 Å². The largest absolute Gasteiger partial charge is 0.481 e. The summed E-state index contributed by atoms with van der Waals surface area (Å²) in [4.78, 5) is 11.0. The van der Waals surface area contributed by atoms with Crippen molar-refractivity contribution in [1.29, 1.82) is 0 Å². The van der Waals surface area contributed by atoms with Crippen LogP contribution in [-0.2, 0) is 4.79 Å². The van der Waals surface area contributed by atoms with Crippen molar-refractivity contribution in [3.63, 3.8) is 0 Å². The number of benzene rings is 1. The molecule has 2 N–H and O–H groups in total. The zero-order valence-corrected chi connectivity index (χ0v) is 11.8. The van der Waals surface area contributed by atoms with Crippen LogP contribution in [0, 0.1) is 11.8 Å². The van der Waals surface area contributed by atoms with Gasteiger partial charge in [-0.15, -0.1) is 0 Å². The van der Waals surface area contributed by atoms with Crippen LogP contribution < -0.4 is 5.32 Å². The molecule has 0 saturated heterocycles. The predicted molar refractivity (Wildman–Crippen MR) is 81.4 cm³/mol. The Morgan fingerprint density at radius 2 is 2.10 bits per heavy atom. The number of carbonyl (C=O) groups is 1. The lowest BCUT2D eigenvalue weighted by Gasteiger charge is -2.26. The molecule has 1 fully saturated rings. The van der Waals surface area contributed by atoms with Crippen molar-refractivity contribution >= 4 is 12.0 Å². The molecule has 0 bridgehead atoms. The molecule has 1 aromatic rings. The van der Waals surface area contributed by atoms with Gasteiger partial charge in [-0.1, -0.05) is 48.9 Å². The lowest BCUT2D eigenvalue weighted by atomic mass is 9.81. The first-order valence-corrected chi connectivity index (χ1v) is 7.41. The van der Waals surface area contributed by atoms with E-state index in [1.54, 1.807) is 0 Å². The van der Waals surface area contributed by atoms with Gasteiger partial charge in [-0.3, -0.25) is 4.79 Å². The Morgan fingerprint density at radius 3 is 2.85 bits per heavy atom. The molecular formula is C17H23NO2. The van der Waals surface area contributed by atoms with Gasteiger partial charge in [0.05, 0.1) is 5.92 Å². The van der Waals surface area contributed by atoms with Crippen LogP contribution in [0.5, 0.6) is 0 Å². The van der Waals surface area contributed by atoms with Crippen molar-refractivity contribution in [2.24, 2.45) is 11.8 Å². The molecule has 1 saturated carbocycles. The van der Waals surface area contributed by atoms with Crippen molar-refractivity contribution < 1.29 is 9.90 Å². The van der Waals surface area contributed by atoms with Crippen LogP contribution in [0.25, 0.3) is 6.08 Å². The number of carboxylic acids is 1. The van der Waals surface area contributed by atoms with Gasteiger partial charge in [-0.2, -0.15) is 0 Å². The molecule has 1 aromatic carbocycles. The molecule has 0 amide bonds. The molecule has 0 spiro atoms. The molecule has 20 heavy (non-hydrogen) atoms. The van der Waals surface area contributed by atoms with Gasteiger partial charge in [0.25, 0.3) is 0 Å². The van der Waals surface area contributed by atoms with E-state index < -0.39 is 5.97 Å². The second kappa shape index (κ2) is 7.85. The first-order valence-electron chi connectivity index (χ1n) is 7.41. The summed E-state index contributed by atoms with van der Waals surface area (Å²) in [5.41, 5.74) is 1.21. The highest BCUT2D eigenvalue weighted by Gasteiger charge is 2.26. The quantitative estimate of drug-likeness (QED) is 0.783. The molecular weight excluding hydrogens is 250 g/mol. The van der Waals surface area contributed by atoms with Crippen molar-refractivity contribution in [3.8, 4) is 0 Å². The van der Waals surface area contributed by atoms with Crippen LogP contribution in [0.1, 0.15) is 31.2 Å². The van der Waals surface area contributed by atoms with E-state index in [9.17, 15) is 4.79 Å². The molecule has 2 rings (SSSR count). The Morgan fingerprint density at radius 1 is 1.30 bits per heavy atom. The van der Waals surface area contributed by atoms with Gasteiger partial charge in [0.2, 0.25) is 0 Å². The lowest BCUT2D eigenvalue weighted by molar-refractivity contribution is -0.143. The summed E-state index contributed by atoms with van der Waals surface area (Å²) in [6.07, 6.45) is 8.09. The molecule has 108 valence electrons. The van der Waals surface area contributed by atoms with Gasteiger partial charge < -0.3 is 10.4 Å². The second-order valence-electron chi connectivity index (χ2n) is 5.54. The zero-order valence-electron chi connectivity index (χ0n) is 11.8. The SMILES string of the molecule is O=C(O)C1CCCC(CNC/C=C/c2ccccc2)C1. The van der Waals surface area contributed by atoms with Gasteiger partial charge >= 0.3 is 5.97 Å². The number of nitrogens with one attached hydrogen (secondary N) is 1. The van der Waals surface area contributed by atoms with Gasteiger partial charge in [-0.05, 0) is 37.3 Å². The van der Waals surface area contributed by atoms with E-state index in [1.165, 1.54) is 5.56 Å². The summed E-state index contributed by atoms with van der Waals surface area (Å²) >= 11 is 0. The molecule has 3 nitrogen and oxygen atoms in total. The van der Waals surface area contributed by atoms with E-state index in [1.807, 2.05) is 18.2 Å².